The minimum atomic E-state index is 0.103. The van der Waals surface area contributed by atoms with E-state index in [9.17, 15) is 0 Å². The van der Waals surface area contributed by atoms with E-state index >= 15 is 0 Å². The van der Waals surface area contributed by atoms with Crippen LogP contribution in [0.15, 0.2) is 60.0 Å². The van der Waals surface area contributed by atoms with Gasteiger partial charge in [-0.25, -0.2) is 0 Å². The minimum absolute atomic E-state index is 0.103. The first kappa shape index (κ1) is 11.5. The summed E-state index contributed by atoms with van der Waals surface area (Å²) in [4.78, 5) is 1.25. The molecule has 0 bridgehead atoms. The van der Waals surface area contributed by atoms with Crippen LogP contribution in [0.5, 0.6) is 0 Å². The van der Waals surface area contributed by atoms with Crippen LogP contribution in [0.2, 0.25) is 0 Å². The van der Waals surface area contributed by atoms with Gasteiger partial charge in [-0.2, -0.15) is 0 Å². The molecule has 1 unspecified atom stereocenters. The van der Waals surface area contributed by atoms with Crippen molar-refractivity contribution in [2.75, 3.05) is 0 Å². The summed E-state index contributed by atoms with van der Waals surface area (Å²) in [6, 6.07) is 19.3. The second-order valence-electron chi connectivity index (χ2n) is 4.51. The molecular weight excluding hydrogens is 238 g/mol. The SMILES string of the molecule is NC(Cc1ccc2ccccc2c1)c1cccs1. The molecule has 0 fully saturated rings. The Kier molecular flexibility index (Phi) is 3.13. The van der Waals surface area contributed by atoms with Gasteiger partial charge in [-0.3, -0.25) is 0 Å². The molecule has 1 atom stereocenters. The van der Waals surface area contributed by atoms with E-state index in [1.807, 2.05) is 0 Å². The Balaban J connectivity index is 1.86. The van der Waals surface area contributed by atoms with E-state index in [2.05, 4.69) is 60.0 Å². The molecule has 0 radical (unpaired) electrons. The zero-order valence-corrected chi connectivity index (χ0v) is 10.9. The fourth-order valence-electron chi connectivity index (χ4n) is 2.22. The molecule has 1 aromatic heterocycles. The Morgan fingerprint density at radius 2 is 1.78 bits per heavy atom. The van der Waals surface area contributed by atoms with Gasteiger partial charge >= 0.3 is 0 Å². The van der Waals surface area contributed by atoms with Gasteiger partial charge in [-0.15, -0.1) is 11.3 Å². The molecule has 0 spiro atoms. The number of rotatable bonds is 3. The van der Waals surface area contributed by atoms with E-state index in [1.165, 1.54) is 21.2 Å². The maximum absolute atomic E-state index is 6.23. The lowest BCUT2D eigenvalue weighted by atomic mass is 10.0. The zero-order chi connectivity index (χ0) is 12.4. The van der Waals surface area contributed by atoms with Crippen LogP contribution >= 0.6 is 11.3 Å². The summed E-state index contributed by atoms with van der Waals surface area (Å²) >= 11 is 1.73. The summed E-state index contributed by atoms with van der Waals surface area (Å²) in [6.07, 6.45) is 0.894. The van der Waals surface area contributed by atoms with Crippen LogP contribution < -0.4 is 5.73 Å². The topological polar surface area (TPSA) is 26.0 Å². The molecule has 0 amide bonds. The maximum Gasteiger partial charge on any atom is 0.0430 e. The average Bonchev–Trinajstić information content (AvgIpc) is 2.92. The molecule has 3 rings (SSSR count). The molecule has 1 heterocycles. The molecule has 1 nitrogen and oxygen atoms in total. The van der Waals surface area contributed by atoms with Crippen LogP contribution in [0.4, 0.5) is 0 Å². The third-order valence-electron chi connectivity index (χ3n) is 3.18. The monoisotopic (exact) mass is 253 g/mol. The van der Waals surface area contributed by atoms with Crippen LogP contribution in [0.25, 0.3) is 10.8 Å². The van der Waals surface area contributed by atoms with Crippen molar-refractivity contribution >= 4 is 22.1 Å². The fourth-order valence-corrected chi connectivity index (χ4v) is 2.95. The molecule has 0 aliphatic rings. The first-order valence-corrected chi connectivity index (χ1v) is 6.97. The van der Waals surface area contributed by atoms with Crippen LogP contribution in [0, 0.1) is 0 Å². The van der Waals surface area contributed by atoms with Crippen molar-refractivity contribution in [3.05, 3.63) is 70.4 Å². The molecule has 18 heavy (non-hydrogen) atoms. The molecule has 0 saturated carbocycles. The number of fused-ring (bicyclic) bond motifs is 1. The quantitative estimate of drug-likeness (QED) is 0.745. The van der Waals surface area contributed by atoms with Gasteiger partial charge in [0.25, 0.3) is 0 Å². The largest absolute Gasteiger partial charge is 0.323 e. The van der Waals surface area contributed by atoms with Gasteiger partial charge in [0, 0.05) is 10.9 Å². The van der Waals surface area contributed by atoms with Crippen molar-refractivity contribution in [3.8, 4) is 0 Å². The van der Waals surface area contributed by atoms with Crippen LogP contribution in [-0.2, 0) is 6.42 Å². The van der Waals surface area contributed by atoms with E-state index in [0.717, 1.165) is 6.42 Å². The summed E-state index contributed by atoms with van der Waals surface area (Å²) < 4.78 is 0. The molecule has 0 aliphatic carbocycles. The highest BCUT2D eigenvalue weighted by atomic mass is 32.1. The van der Waals surface area contributed by atoms with Gasteiger partial charge in [0.15, 0.2) is 0 Å². The molecular formula is C16H15NS. The Morgan fingerprint density at radius 3 is 2.56 bits per heavy atom. The molecule has 90 valence electrons. The van der Waals surface area contributed by atoms with Gasteiger partial charge in [-0.1, -0.05) is 48.5 Å². The number of hydrogen-bond acceptors (Lipinski definition) is 2. The summed E-state index contributed by atoms with van der Waals surface area (Å²) in [5.74, 6) is 0. The number of benzene rings is 2. The molecule has 3 aromatic rings. The first-order valence-electron chi connectivity index (χ1n) is 6.09. The Bertz CT molecular complexity index is 643. The highest BCUT2D eigenvalue weighted by Crippen LogP contribution is 2.23. The third kappa shape index (κ3) is 2.30. The summed E-state index contributed by atoms with van der Waals surface area (Å²) in [6.45, 7) is 0. The summed E-state index contributed by atoms with van der Waals surface area (Å²) in [7, 11) is 0. The Hall–Kier alpha value is -1.64. The number of nitrogens with two attached hydrogens (primary N) is 1. The van der Waals surface area contributed by atoms with Crippen molar-refractivity contribution in [1.29, 1.82) is 0 Å². The predicted octanol–water partition coefficient (Wildman–Crippen LogP) is 4.14. The predicted molar refractivity (Wildman–Crippen MR) is 78.9 cm³/mol. The van der Waals surface area contributed by atoms with E-state index in [-0.39, 0.29) is 6.04 Å². The summed E-state index contributed by atoms with van der Waals surface area (Å²) in [5.41, 5.74) is 7.53. The highest BCUT2D eigenvalue weighted by molar-refractivity contribution is 7.10. The van der Waals surface area contributed by atoms with Crippen LogP contribution in [0.1, 0.15) is 16.5 Å². The fraction of sp³-hybridized carbons (Fsp3) is 0.125. The van der Waals surface area contributed by atoms with E-state index in [1.54, 1.807) is 11.3 Å². The van der Waals surface area contributed by atoms with Crippen molar-refractivity contribution in [2.24, 2.45) is 5.73 Å². The van der Waals surface area contributed by atoms with E-state index in [4.69, 9.17) is 5.73 Å². The maximum atomic E-state index is 6.23. The van der Waals surface area contributed by atoms with E-state index < -0.39 is 0 Å². The van der Waals surface area contributed by atoms with Crippen LogP contribution in [-0.4, -0.2) is 0 Å². The van der Waals surface area contributed by atoms with Crippen molar-refractivity contribution in [3.63, 3.8) is 0 Å². The molecule has 2 aromatic carbocycles. The van der Waals surface area contributed by atoms with Gasteiger partial charge in [0.1, 0.15) is 0 Å². The second kappa shape index (κ2) is 4.92. The lowest BCUT2D eigenvalue weighted by molar-refractivity contribution is 0.737. The average molecular weight is 253 g/mol. The van der Waals surface area contributed by atoms with Gasteiger partial charge in [0.2, 0.25) is 0 Å². The molecule has 2 heteroatoms. The normalized spacial score (nSPS) is 12.7. The lowest BCUT2D eigenvalue weighted by Gasteiger charge is -2.10. The van der Waals surface area contributed by atoms with Gasteiger partial charge in [0.05, 0.1) is 0 Å². The van der Waals surface area contributed by atoms with Crippen molar-refractivity contribution < 1.29 is 0 Å². The first-order chi connectivity index (χ1) is 8.83. The molecule has 0 saturated heterocycles. The van der Waals surface area contributed by atoms with Gasteiger partial charge in [-0.05, 0) is 34.2 Å². The third-order valence-corrected chi connectivity index (χ3v) is 4.18. The zero-order valence-electron chi connectivity index (χ0n) is 10.0. The Morgan fingerprint density at radius 1 is 0.944 bits per heavy atom. The second-order valence-corrected chi connectivity index (χ2v) is 5.49. The number of hydrogen-bond donors (Lipinski definition) is 1. The number of thiophene rings is 1. The molecule has 0 aliphatic heterocycles. The van der Waals surface area contributed by atoms with Crippen molar-refractivity contribution in [1.82, 2.24) is 0 Å². The van der Waals surface area contributed by atoms with Gasteiger partial charge < -0.3 is 5.73 Å². The standard InChI is InChI=1S/C16H15NS/c17-15(16-6-3-9-18-16)11-12-7-8-13-4-1-2-5-14(13)10-12/h1-10,15H,11,17H2. The lowest BCUT2D eigenvalue weighted by Crippen LogP contribution is -2.11. The van der Waals surface area contributed by atoms with Crippen molar-refractivity contribution in [2.45, 2.75) is 12.5 Å². The minimum Gasteiger partial charge on any atom is -0.323 e. The molecule has 2 N–H and O–H groups in total. The summed E-state index contributed by atoms with van der Waals surface area (Å²) in [5, 5.41) is 4.65. The smallest absolute Gasteiger partial charge is 0.0430 e. The Labute approximate surface area is 111 Å². The van der Waals surface area contributed by atoms with Crippen LogP contribution in [0.3, 0.4) is 0 Å². The van der Waals surface area contributed by atoms with E-state index in [0.29, 0.717) is 0 Å². The highest BCUT2D eigenvalue weighted by Gasteiger charge is 2.08.